The van der Waals surface area contributed by atoms with Gasteiger partial charge in [-0.05, 0) is 48.2 Å². The Hall–Kier alpha value is -2.77. The first-order valence-electron chi connectivity index (χ1n) is 7.42. The fourth-order valence-electron chi connectivity index (χ4n) is 2.12. The molecule has 0 atom stereocenters. The van der Waals surface area contributed by atoms with Crippen LogP contribution in [-0.4, -0.2) is 28.4 Å². The first-order chi connectivity index (χ1) is 12.6. The van der Waals surface area contributed by atoms with Crippen LogP contribution in [0.15, 0.2) is 63.1 Å². The number of aromatic nitrogens is 2. The Kier molecular flexibility index (Phi) is 5.60. The maximum atomic E-state index is 11.6. The van der Waals surface area contributed by atoms with Crippen LogP contribution >= 0.6 is 23.4 Å². The predicted octanol–water partition coefficient (Wildman–Crippen LogP) is 4.62. The van der Waals surface area contributed by atoms with E-state index in [2.05, 4.69) is 10.2 Å². The van der Waals surface area contributed by atoms with Crippen LogP contribution in [0.5, 0.6) is 5.75 Å². The highest BCUT2D eigenvalue weighted by Crippen LogP contribution is 2.31. The van der Waals surface area contributed by atoms with Gasteiger partial charge in [-0.2, -0.15) is 0 Å². The lowest BCUT2D eigenvalue weighted by Crippen LogP contribution is -1.97. The molecule has 0 fully saturated rings. The van der Waals surface area contributed by atoms with E-state index in [1.54, 1.807) is 48.5 Å². The van der Waals surface area contributed by atoms with E-state index >= 15 is 0 Å². The molecule has 3 aromatic rings. The monoisotopic (exact) mass is 388 g/mol. The summed E-state index contributed by atoms with van der Waals surface area (Å²) in [5, 5.41) is 18.0. The highest BCUT2D eigenvalue weighted by molar-refractivity contribution is 8.03. The summed E-state index contributed by atoms with van der Waals surface area (Å²) in [7, 11) is 1.52. The van der Waals surface area contributed by atoms with Crippen molar-refractivity contribution in [3.63, 3.8) is 0 Å². The van der Waals surface area contributed by atoms with Gasteiger partial charge in [0, 0.05) is 16.1 Å². The highest BCUT2D eigenvalue weighted by atomic mass is 35.5. The van der Waals surface area contributed by atoms with Crippen molar-refractivity contribution in [1.82, 2.24) is 10.2 Å². The van der Waals surface area contributed by atoms with E-state index in [0.717, 1.165) is 11.8 Å². The zero-order valence-electron chi connectivity index (χ0n) is 13.5. The topological polar surface area (TPSA) is 85.5 Å². The number of hydrogen-bond acceptors (Lipinski definition) is 6. The Balaban J connectivity index is 1.86. The minimum atomic E-state index is -1.10. The molecule has 0 saturated heterocycles. The smallest absolute Gasteiger partial charge is 0.342 e. The van der Waals surface area contributed by atoms with Gasteiger partial charge < -0.3 is 14.3 Å². The molecule has 0 aliphatic heterocycles. The van der Waals surface area contributed by atoms with Gasteiger partial charge in [0.2, 0.25) is 5.89 Å². The molecule has 0 aliphatic rings. The maximum Gasteiger partial charge on any atom is 0.342 e. The van der Waals surface area contributed by atoms with Crippen LogP contribution in [0.25, 0.3) is 17.5 Å². The second kappa shape index (κ2) is 8.07. The summed E-state index contributed by atoms with van der Waals surface area (Å²) in [5.74, 6) is -0.252. The van der Waals surface area contributed by atoms with Gasteiger partial charge in [0.05, 0.1) is 7.11 Å². The number of benzene rings is 2. The number of aliphatic carboxylic acids is 1. The molecule has 6 nitrogen and oxygen atoms in total. The number of carboxylic acids is 1. The molecular formula is C18H13ClN2O4S. The minimum absolute atomic E-state index is 0.0285. The molecule has 1 heterocycles. The number of carboxylic acid groups (broad SMARTS) is 1. The Morgan fingerprint density at radius 2 is 1.92 bits per heavy atom. The number of ether oxygens (including phenoxy) is 1. The van der Waals surface area contributed by atoms with Gasteiger partial charge in [-0.25, -0.2) is 4.79 Å². The SMILES string of the molecule is COc1ccccc1/C=C(/Sc1nnc(-c2ccc(Cl)cc2)o1)C(=O)O. The molecule has 0 amide bonds. The van der Waals surface area contributed by atoms with Crippen molar-refractivity contribution in [2.24, 2.45) is 0 Å². The van der Waals surface area contributed by atoms with Crippen molar-refractivity contribution in [3.05, 3.63) is 64.0 Å². The van der Waals surface area contributed by atoms with E-state index in [1.807, 2.05) is 0 Å². The largest absolute Gasteiger partial charge is 0.496 e. The molecule has 0 bridgehead atoms. The summed E-state index contributed by atoms with van der Waals surface area (Å²) in [5.41, 5.74) is 1.33. The summed E-state index contributed by atoms with van der Waals surface area (Å²) < 4.78 is 10.8. The van der Waals surface area contributed by atoms with Crippen LogP contribution in [0, 0.1) is 0 Å². The standard InChI is InChI=1S/C18H13ClN2O4S/c1-24-14-5-3-2-4-12(14)10-15(17(22)23)26-18-21-20-16(25-18)11-6-8-13(19)9-7-11/h2-10H,1H3,(H,22,23)/b15-10+. The lowest BCUT2D eigenvalue weighted by atomic mass is 10.2. The first kappa shape index (κ1) is 18.0. The number of rotatable bonds is 6. The summed E-state index contributed by atoms with van der Waals surface area (Å²) in [4.78, 5) is 11.6. The van der Waals surface area contributed by atoms with Crippen molar-refractivity contribution < 1.29 is 19.1 Å². The van der Waals surface area contributed by atoms with Crippen LogP contribution in [0.1, 0.15) is 5.56 Å². The van der Waals surface area contributed by atoms with Crippen molar-refractivity contribution in [2.75, 3.05) is 7.11 Å². The second-order valence-corrected chi connectivity index (χ2v) is 6.47. The Morgan fingerprint density at radius 1 is 1.19 bits per heavy atom. The van der Waals surface area contributed by atoms with Crippen molar-refractivity contribution in [2.45, 2.75) is 5.22 Å². The number of thioether (sulfide) groups is 1. The van der Waals surface area contributed by atoms with Crippen LogP contribution in [-0.2, 0) is 4.79 Å². The van der Waals surface area contributed by atoms with Crippen LogP contribution in [0.3, 0.4) is 0 Å². The molecule has 0 aliphatic carbocycles. The van der Waals surface area contributed by atoms with Crippen molar-refractivity contribution in [1.29, 1.82) is 0 Å². The summed E-state index contributed by atoms with van der Waals surface area (Å²) >= 11 is 6.73. The normalized spacial score (nSPS) is 11.4. The molecule has 1 aromatic heterocycles. The van der Waals surface area contributed by atoms with Crippen molar-refractivity contribution in [3.8, 4) is 17.2 Å². The van der Waals surface area contributed by atoms with E-state index in [0.29, 0.717) is 21.9 Å². The zero-order valence-corrected chi connectivity index (χ0v) is 15.1. The molecule has 0 spiro atoms. The summed E-state index contributed by atoms with van der Waals surface area (Å²) in [6.45, 7) is 0. The molecule has 1 N–H and O–H groups in total. The number of para-hydroxylation sites is 1. The van der Waals surface area contributed by atoms with Gasteiger partial charge in [-0.3, -0.25) is 0 Å². The second-order valence-electron chi connectivity index (χ2n) is 5.04. The van der Waals surface area contributed by atoms with E-state index in [9.17, 15) is 9.90 Å². The van der Waals surface area contributed by atoms with Gasteiger partial charge in [-0.15, -0.1) is 10.2 Å². The van der Waals surface area contributed by atoms with Gasteiger partial charge in [0.1, 0.15) is 10.7 Å². The molecule has 0 radical (unpaired) electrons. The molecule has 2 aromatic carbocycles. The van der Waals surface area contributed by atoms with Gasteiger partial charge >= 0.3 is 5.97 Å². The first-order valence-corrected chi connectivity index (χ1v) is 8.61. The third kappa shape index (κ3) is 4.25. The highest BCUT2D eigenvalue weighted by Gasteiger charge is 2.16. The van der Waals surface area contributed by atoms with Gasteiger partial charge in [-0.1, -0.05) is 29.8 Å². The van der Waals surface area contributed by atoms with Gasteiger partial charge in [0.25, 0.3) is 5.22 Å². The maximum absolute atomic E-state index is 11.6. The average molecular weight is 389 g/mol. The van der Waals surface area contributed by atoms with Crippen LogP contribution < -0.4 is 4.74 Å². The summed E-state index contributed by atoms with van der Waals surface area (Å²) in [6, 6.07) is 14.0. The van der Waals surface area contributed by atoms with E-state index in [-0.39, 0.29) is 16.0 Å². The molecule has 132 valence electrons. The zero-order chi connectivity index (χ0) is 18.5. The lowest BCUT2D eigenvalue weighted by Gasteiger charge is -2.05. The third-order valence-electron chi connectivity index (χ3n) is 3.33. The number of nitrogens with zero attached hydrogens (tertiary/aromatic N) is 2. The fraction of sp³-hybridized carbons (Fsp3) is 0.0556. The summed E-state index contributed by atoms with van der Waals surface area (Å²) in [6.07, 6.45) is 1.50. The van der Waals surface area contributed by atoms with E-state index in [1.165, 1.54) is 13.2 Å². The number of hydrogen-bond donors (Lipinski definition) is 1. The minimum Gasteiger partial charge on any atom is -0.496 e. The Labute approximate surface area is 158 Å². The van der Waals surface area contributed by atoms with Gasteiger partial charge in [0.15, 0.2) is 0 Å². The number of halogens is 1. The third-order valence-corrected chi connectivity index (χ3v) is 4.44. The number of carbonyl (C=O) groups is 1. The van der Waals surface area contributed by atoms with E-state index < -0.39 is 5.97 Å². The molecule has 8 heteroatoms. The number of methoxy groups -OCH3 is 1. The Bertz CT molecular complexity index is 954. The van der Waals surface area contributed by atoms with Crippen LogP contribution in [0.2, 0.25) is 5.02 Å². The lowest BCUT2D eigenvalue weighted by molar-refractivity contribution is -0.131. The average Bonchev–Trinajstić information content (AvgIpc) is 3.10. The van der Waals surface area contributed by atoms with Crippen molar-refractivity contribution >= 4 is 35.4 Å². The predicted molar refractivity (Wildman–Crippen MR) is 99.2 cm³/mol. The molecule has 0 unspecified atom stereocenters. The quantitative estimate of drug-likeness (QED) is 0.487. The molecule has 3 rings (SSSR count). The molecular weight excluding hydrogens is 376 g/mol. The Morgan fingerprint density at radius 3 is 2.62 bits per heavy atom. The van der Waals surface area contributed by atoms with E-state index in [4.69, 9.17) is 20.8 Å². The fourth-order valence-corrected chi connectivity index (χ4v) is 2.91. The van der Waals surface area contributed by atoms with Crippen LogP contribution in [0.4, 0.5) is 0 Å². The molecule has 0 saturated carbocycles. The molecule has 26 heavy (non-hydrogen) atoms.